The van der Waals surface area contributed by atoms with Crippen molar-refractivity contribution in [1.29, 1.82) is 0 Å². The number of amides is 1. The van der Waals surface area contributed by atoms with Gasteiger partial charge in [-0.15, -0.1) is 0 Å². The zero-order chi connectivity index (χ0) is 26.4. The Morgan fingerprint density at radius 2 is 1.86 bits per heavy atom. The molecule has 2 aromatic carbocycles. The highest BCUT2D eigenvalue weighted by Gasteiger charge is 2.46. The Hall–Kier alpha value is -3.14. The molecule has 1 unspecified atom stereocenters. The summed E-state index contributed by atoms with van der Waals surface area (Å²) < 4.78 is 17.5. The lowest BCUT2D eigenvalue weighted by Gasteiger charge is -2.29. The zero-order valence-corrected chi connectivity index (χ0v) is 22.4. The standard InChI is InChI=1S/C28H31BrN2O6/c1-3-15-37-22-10-7-20(18-23(22)35-2)25-24(26(32)19-5-8-21(29)9-6-19)27(33)28(34)31(25)12-4-11-30-13-16-36-17-14-30/h3,5-10,18,25,32H,1,4,11-17H2,2H3. The summed E-state index contributed by atoms with van der Waals surface area (Å²) in [4.78, 5) is 30.4. The Kier molecular flexibility index (Phi) is 9.02. The maximum atomic E-state index is 13.3. The van der Waals surface area contributed by atoms with Gasteiger partial charge in [-0.05, 0) is 36.2 Å². The quantitative estimate of drug-likeness (QED) is 0.198. The summed E-state index contributed by atoms with van der Waals surface area (Å²) in [6.07, 6.45) is 2.31. The number of carbonyl (C=O) groups is 2. The van der Waals surface area contributed by atoms with Gasteiger partial charge in [0.15, 0.2) is 11.5 Å². The fourth-order valence-electron chi connectivity index (χ4n) is 4.63. The first-order valence-electron chi connectivity index (χ1n) is 12.2. The minimum absolute atomic E-state index is 0.0560. The van der Waals surface area contributed by atoms with Crippen LogP contribution in [0, 0.1) is 0 Å². The highest BCUT2D eigenvalue weighted by atomic mass is 79.9. The van der Waals surface area contributed by atoms with Gasteiger partial charge in [0.1, 0.15) is 12.4 Å². The van der Waals surface area contributed by atoms with E-state index in [1.54, 1.807) is 53.4 Å². The number of likely N-dealkylation sites (tertiary alicyclic amines) is 1. The lowest BCUT2D eigenvalue weighted by atomic mass is 9.95. The molecule has 0 bridgehead atoms. The third-order valence-electron chi connectivity index (χ3n) is 6.49. The molecule has 1 amide bonds. The maximum absolute atomic E-state index is 13.3. The number of rotatable bonds is 10. The van der Waals surface area contributed by atoms with Crippen LogP contribution in [0.3, 0.4) is 0 Å². The summed E-state index contributed by atoms with van der Waals surface area (Å²) >= 11 is 3.39. The molecule has 1 atom stereocenters. The van der Waals surface area contributed by atoms with Crippen molar-refractivity contribution in [3.8, 4) is 11.5 Å². The first-order valence-corrected chi connectivity index (χ1v) is 13.0. The normalized spacial score (nSPS) is 19.7. The molecule has 0 spiro atoms. The topological polar surface area (TPSA) is 88.5 Å². The molecule has 2 heterocycles. The van der Waals surface area contributed by atoms with Gasteiger partial charge < -0.3 is 24.2 Å². The van der Waals surface area contributed by atoms with Gasteiger partial charge >= 0.3 is 0 Å². The molecule has 0 saturated carbocycles. The molecule has 8 nitrogen and oxygen atoms in total. The summed E-state index contributed by atoms with van der Waals surface area (Å²) in [5.41, 5.74) is 1.16. The third-order valence-corrected chi connectivity index (χ3v) is 7.02. The third kappa shape index (κ3) is 6.06. The predicted molar refractivity (Wildman–Crippen MR) is 144 cm³/mol. The van der Waals surface area contributed by atoms with Gasteiger partial charge in [0.25, 0.3) is 11.7 Å². The van der Waals surface area contributed by atoms with Crippen LogP contribution >= 0.6 is 15.9 Å². The number of halogens is 1. The second-order valence-electron chi connectivity index (χ2n) is 8.82. The van der Waals surface area contributed by atoms with E-state index < -0.39 is 17.7 Å². The number of nitrogens with zero attached hydrogens (tertiary/aromatic N) is 2. The largest absolute Gasteiger partial charge is 0.507 e. The number of hydrogen-bond acceptors (Lipinski definition) is 7. The van der Waals surface area contributed by atoms with Gasteiger partial charge in [-0.3, -0.25) is 14.5 Å². The smallest absolute Gasteiger partial charge is 0.295 e. The van der Waals surface area contributed by atoms with E-state index in [2.05, 4.69) is 27.4 Å². The highest BCUT2D eigenvalue weighted by Crippen LogP contribution is 2.42. The first-order chi connectivity index (χ1) is 17.9. The minimum Gasteiger partial charge on any atom is -0.507 e. The van der Waals surface area contributed by atoms with Gasteiger partial charge in [0.05, 0.1) is 31.9 Å². The Balaban J connectivity index is 1.71. The molecule has 4 rings (SSSR count). The summed E-state index contributed by atoms with van der Waals surface area (Å²) in [5.74, 6) is -0.568. The van der Waals surface area contributed by atoms with Crippen LogP contribution in [0.4, 0.5) is 0 Å². The van der Waals surface area contributed by atoms with E-state index in [1.165, 1.54) is 7.11 Å². The van der Waals surface area contributed by atoms with Crippen LogP contribution in [0.25, 0.3) is 5.76 Å². The lowest BCUT2D eigenvalue weighted by molar-refractivity contribution is -0.140. The van der Waals surface area contributed by atoms with Gasteiger partial charge in [0.2, 0.25) is 0 Å². The molecule has 2 aromatic rings. The maximum Gasteiger partial charge on any atom is 0.295 e. The Morgan fingerprint density at radius 1 is 1.14 bits per heavy atom. The van der Waals surface area contributed by atoms with E-state index in [9.17, 15) is 14.7 Å². The molecule has 0 aromatic heterocycles. The van der Waals surface area contributed by atoms with Crippen LogP contribution < -0.4 is 9.47 Å². The van der Waals surface area contributed by atoms with Crippen LogP contribution in [-0.4, -0.2) is 79.7 Å². The fraction of sp³-hybridized carbons (Fsp3) is 0.357. The summed E-state index contributed by atoms with van der Waals surface area (Å²) in [6, 6.07) is 11.5. The van der Waals surface area contributed by atoms with Crippen molar-refractivity contribution in [2.24, 2.45) is 0 Å². The monoisotopic (exact) mass is 570 g/mol. The summed E-state index contributed by atoms with van der Waals surface area (Å²) in [7, 11) is 1.53. The van der Waals surface area contributed by atoms with Crippen molar-refractivity contribution in [1.82, 2.24) is 9.80 Å². The number of carbonyl (C=O) groups excluding carboxylic acids is 2. The molecular formula is C28H31BrN2O6. The molecule has 0 aliphatic carbocycles. The van der Waals surface area contributed by atoms with Crippen LogP contribution in [-0.2, 0) is 14.3 Å². The molecule has 2 aliphatic heterocycles. The van der Waals surface area contributed by atoms with E-state index in [0.29, 0.717) is 55.4 Å². The van der Waals surface area contributed by atoms with E-state index in [1.807, 2.05) is 0 Å². The minimum atomic E-state index is -0.768. The zero-order valence-electron chi connectivity index (χ0n) is 20.8. The van der Waals surface area contributed by atoms with Gasteiger partial charge in [0, 0.05) is 36.2 Å². The highest BCUT2D eigenvalue weighted by molar-refractivity contribution is 9.10. The van der Waals surface area contributed by atoms with Gasteiger partial charge in [-0.25, -0.2) is 0 Å². The fourth-order valence-corrected chi connectivity index (χ4v) is 4.90. The SMILES string of the molecule is C=CCOc1ccc(C2C(=C(O)c3ccc(Br)cc3)C(=O)C(=O)N2CCCN2CCOCC2)cc1OC. The average Bonchev–Trinajstić information content (AvgIpc) is 3.17. The van der Waals surface area contributed by atoms with Crippen LogP contribution in [0.15, 0.2) is 65.2 Å². The Morgan fingerprint density at radius 3 is 2.54 bits per heavy atom. The number of methoxy groups -OCH3 is 1. The summed E-state index contributed by atoms with van der Waals surface area (Å²) in [6.45, 7) is 8.19. The van der Waals surface area contributed by atoms with Gasteiger partial charge in [-0.1, -0.05) is 46.8 Å². The van der Waals surface area contributed by atoms with E-state index in [0.717, 1.165) is 24.1 Å². The van der Waals surface area contributed by atoms with E-state index in [-0.39, 0.29) is 11.3 Å². The number of aliphatic hydroxyl groups is 1. The number of Topliss-reactive ketones (excluding diaryl/α,β-unsaturated/α-hetero) is 1. The van der Waals surface area contributed by atoms with Crippen LogP contribution in [0.2, 0.25) is 0 Å². The molecule has 37 heavy (non-hydrogen) atoms. The number of morpholine rings is 1. The van der Waals surface area contributed by atoms with Crippen molar-refractivity contribution < 1.29 is 28.9 Å². The number of hydrogen-bond donors (Lipinski definition) is 1. The number of ketones is 1. The molecule has 1 N–H and O–H groups in total. The van der Waals surface area contributed by atoms with Crippen LogP contribution in [0.5, 0.6) is 11.5 Å². The van der Waals surface area contributed by atoms with Crippen molar-refractivity contribution in [3.05, 3.63) is 76.3 Å². The van der Waals surface area contributed by atoms with Crippen LogP contribution in [0.1, 0.15) is 23.6 Å². The molecule has 0 radical (unpaired) electrons. The molecule has 2 fully saturated rings. The van der Waals surface area contributed by atoms with Crippen molar-refractivity contribution in [2.75, 3.05) is 53.1 Å². The van der Waals surface area contributed by atoms with Crippen molar-refractivity contribution in [2.45, 2.75) is 12.5 Å². The lowest BCUT2D eigenvalue weighted by Crippen LogP contribution is -2.39. The molecule has 196 valence electrons. The second kappa shape index (κ2) is 12.4. The number of benzene rings is 2. The van der Waals surface area contributed by atoms with Gasteiger partial charge in [-0.2, -0.15) is 0 Å². The Bertz CT molecular complexity index is 1170. The molecule has 2 saturated heterocycles. The predicted octanol–water partition coefficient (Wildman–Crippen LogP) is 4.17. The Labute approximate surface area is 225 Å². The number of ether oxygens (including phenoxy) is 3. The molecule has 2 aliphatic rings. The number of aliphatic hydroxyl groups excluding tert-OH is 1. The molecular weight excluding hydrogens is 540 g/mol. The van der Waals surface area contributed by atoms with E-state index >= 15 is 0 Å². The van der Waals surface area contributed by atoms with Crippen molar-refractivity contribution >= 4 is 33.4 Å². The second-order valence-corrected chi connectivity index (χ2v) is 9.73. The van der Waals surface area contributed by atoms with E-state index in [4.69, 9.17) is 14.2 Å². The van der Waals surface area contributed by atoms with Crippen molar-refractivity contribution in [3.63, 3.8) is 0 Å². The summed E-state index contributed by atoms with van der Waals surface area (Å²) in [5, 5.41) is 11.3. The average molecular weight is 571 g/mol. The molecule has 9 heteroatoms. The first kappa shape index (κ1) is 26.9.